The number of hydrogen-bond donors (Lipinski definition) is 0. The minimum Gasteiger partial charge on any atom is -0.496 e. The van der Waals surface area contributed by atoms with Gasteiger partial charge in [-0.2, -0.15) is 0 Å². The Labute approximate surface area is 194 Å². The lowest BCUT2D eigenvalue weighted by Crippen LogP contribution is -2.41. The first-order valence-corrected chi connectivity index (χ1v) is 12.3. The number of anilines is 1. The summed E-state index contributed by atoms with van der Waals surface area (Å²) in [7, 11) is 3.35. The molecule has 0 spiro atoms. The Hall–Kier alpha value is -2.45. The molecule has 172 valence electrons. The highest BCUT2D eigenvalue weighted by molar-refractivity contribution is 7.98. The molecule has 2 aromatic heterocycles. The molecule has 7 nitrogen and oxygen atoms in total. The lowest BCUT2D eigenvalue weighted by atomic mass is 10.1. The van der Waals surface area contributed by atoms with Gasteiger partial charge in [0.15, 0.2) is 5.65 Å². The Bertz CT molecular complexity index is 1050. The number of ether oxygens (including phenoxy) is 3. The fraction of sp³-hybridized carbons (Fsp3) is 0.500. The standard InChI is InChI=1S/C24H32N4O3S/c1-6-10-27(17-7-12-31-13-8-17)24-23(32-5)26-22-21(25-9-11-28(22)24)20-18(29-3)14-16(2)15-19(20)30-4/h9,11,14-15,17H,6-8,10,12-13H2,1-5H3. The smallest absolute Gasteiger partial charge is 0.166 e. The summed E-state index contributed by atoms with van der Waals surface area (Å²) in [6, 6.07) is 4.45. The third kappa shape index (κ3) is 4.13. The second kappa shape index (κ2) is 10.0. The van der Waals surface area contributed by atoms with Crippen LogP contribution in [0.5, 0.6) is 11.5 Å². The molecule has 0 unspecified atom stereocenters. The predicted molar refractivity (Wildman–Crippen MR) is 130 cm³/mol. The first-order valence-electron chi connectivity index (χ1n) is 11.1. The van der Waals surface area contributed by atoms with E-state index in [2.05, 4.69) is 22.5 Å². The monoisotopic (exact) mass is 456 g/mol. The third-order valence-electron chi connectivity index (χ3n) is 5.93. The molecule has 0 amide bonds. The van der Waals surface area contributed by atoms with E-state index >= 15 is 0 Å². The molecule has 0 atom stereocenters. The van der Waals surface area contributed by atoms with Gasteiger partial charge in [-0.3, -0.25) is 9.38 Å². The van der Waals surface area contributed by atoms with Gasteiger partial charge in [-0.05, 0) is 50.1 Å². The maximum Gasteiger partial charge on any atom is 0.166 e. The van der Waals surface area contributed by atoms with Crippen LogP contribution in [-0.2, 0) is 4.74 Å². The Kier molecular flexibility index (Phi) is 7.10. The molecule has 0 aliphatic carbocycles. The first-order chi connectivity index (χ1) is 15.6. The number of thioether (sulfide) groups is 1. The second-order valence-electron chi connectivity index (χ2n) is 8.00. The number of benzene rings is 1. The van der Waals surface area contributed by atoms with Crippen LogP contribution in [0.4, 0.5) is 5.82 Å². The summed E-state index contributed by atoms with van der Waals surface area (Å²) >= 11 is 1.67. The van der Waals surface area contributed by atoms with Crippen molar-refractivity contribution in [1.82, 2.24) is 14.4 Å². The largest absolute Gasteiger partial charge is 0.496 e. The lowest BCUT2D eigenvalue weighted by molar-refractivity contribution is 0.0841. The molecule has 1 aliphatic rings. The number of hydrogen-bond acceptors (Lipinski definition) is 7. The van der Waals surface area contributed by atoms with Gasteiger partial charge in [-0.25, -0.2) is 4.98 Å². The molecular formula is C24H32N4O3S. The summed E-state index contributed by atoms with van der Waals surface area (Å²) in [5, 5.41) is 1.00. The van der Waals surface area contributed by atoms with Crippen molar-refractivity contribution in [1.29, 1.82) is 0 Å². The fourth-order valence-electron chi connectivity index (χ4n) is 4.49. The van der Waals surface area contributed by atoms with Crippen molar-refractivity contribution >= 4 is 23.2 Å². The number of rotatable bonds is 8. The van der Waals surface area contributed by atoms with E-state index in [9.17, 15) is 0 Å². The van der Waals surface area contributed by atoms with E-state index in [1.54, 1.807) is 26.0 Å². The SMILES string of the molecule is CCCN(c1c(SC)nc2c(-c3c(OC)cc(C)cc3OC)nccn12)C1CCOCC1. The van der Waals surface area contributed by atoms with Crippen molar-refractivity contribution < 1.29 is 14.2 Å². The van der Waals surface area contributed by atoms with Gasteiger partial charge in [0.2, 0.25) is 0 Å². The zero-order chi connectivity index (χ0) is 22.7. The van der Waals surface area contributed by atoms with Crippen molar-refractivity contribution in [3.63, 3.8) is 0 Å². The highest BCUT2D eigenvalue weighted by Crippen LogP contribution is 2.42. The summed E-state index contributed by atoms with van der Waals surface area (Å²) in [5.74, 6) is 2.59. The van der Waals surface area contributed by atoms with Crippen LogP contribution in [0.3, 0.4) is 0 Å². The molecule has 0 bridgehead atoms. The molecule has 1 saturated heterocycles. The molecule has 0 radical (unpaired) electrons. The summed E-state index contributed by atoms with van der Waals surface area (Å²) in [5.41, 5.74) is 3.45. The van der Waals surface area contributed by atoms with Gasteiger partial charge >= 0.3 is 0 Å². The second-order valence-corrected chi connectivity index (χ2v) is 8.79. The number of aryl methyl sites for hydroxylation is 1. The van der Waals surface area contributed by atoms with Gasteiger partial charge in [0.1, 0.15) is 28.0 Å². The summed E-state index contributed by atoms with van der Waals surface area (Å²) in [4.78, 5) is 12.3. The zero-order valence-electron chi connectivity index (χ0n) is 19.6. The van der Waals surface area contributed by atoms with E-state index in [0.717, 1.165) is 83.8 Å². The van der Waals surface area contributed by atoms with E-state index < -0.39 is 0 Å². The van der Waals surface area contributed by atoms with Gasteiger partial charge in [0.05, 0.1) is 19.8 Å². The maximum atomic E-state index is 5.73. The molecule has 1 aromatic carbocycles. The van der Waals surface area contributed by atoms with E-state index in [0.29, 0.717) is 6.04 Å². The molecule has 4 rings (SSSR count). The third-order valence-corrected chi connectivity index (χ3v) is 6.60. The van der Waals surface area contributed by atoms with E-state index in [1.165, 1.54) is 0 Å². The maximum absolute atomic E-state index is 5.73. The van der Waals surface area contributed by atoms with E-state index in [-0.39, 0.29) is 0 Å². The molecular weight excluding hydrogens is 424 g/mol. The topological polar surface area (TPSA) is 61.1 Å². The number of aromatic nitrogens is 3. The van der Waals surface area contributed by atoms with Crippen LogP contribution >= 0.6 is 11.8 Å². The Morgan fingerprint density at radius 3 is 2.47 bits per heavy atom. The number of fused-ring (bicyclic) bond motifs is 1. The summed E-state index contributed by atoms with van der Waals surface area (Å²) < 4.78 is 19.3. The van der Waals surface area contributed by atoms with Crippen LogP contribution in [0.25, 0.3) is 16.9 Å². The Morgan fingerprint density at radius 1 is 1.19 bits per heavy atom. The summed E-state index contributed by atoms with van der Waals surface area (Å²) in [6.07, 6.45) is 9.05. The first kappa shape index (κ1) is 22.7. The highest BCUT2D eigenvalue weighted by atomic mass is 32.2. The summed E-state index contributed by atoms with van der Waals surface area (Å²) in [6.45, 7) is 6.84. The molecule has 3 heterocycles. The lowest BCUT2D eigenvalue weighted by Gasteiger charge is -2.35. The fourth-order valence-corrected chi connectivity index (χ4v) is 5.07. The van der Waals surface area contributed by atoms with Crippen molar-refractivity contribution in [2.75, 3.05) is 45.1 Å². The molecule has 0 N–H and O–H groups in total. The number of nitrogens with zero attached hydrogens (tertiary/aromatic N) is 4. The average Bonchev–Trinajstić information content (AvgIpc) is 3.21. The molecule has 1 fully saturated rings. The highest BCUT2D eigenvalue weighted by Gasteiger charge is 2.28. The van der Waals surface area contributed by atoms with Gasteiger partial charge in [-0.15, -0.1) is 11.8 Å². The van der Waals surface area contributed by atoms with E-state index in [4.69, 9.17) is 24.2 Å². The average molecular weight is 457 g/mol. The molecule has 1 aliphatic heterocycles. The van der Waals surface area contributed by atoms with Crippen molar-refractivity contribution in [3.8, 4) is 22.8 Å². The van der Waals surface area contributed by atoms with Crippen molar-refractivity contribution in [3.05, 3.63) is 30.1 Å². The van der Waals surface area contributed by atoms with E-state index in [1.807, 2.05) is 31.5 Å². The van der Waals surface area contributed by atoms with Crippen LogP contribution in [0.15, 0.2) is 29.6 Å². The van der Waals surface area contributed by atoms with Crippen LogP contribution in [0.1, 0.15) is 31.7 Å². The number of methoxy groups -OCH3 is 2. The predicted octanol–water partition coefficient (Wildman–Crippen LogP) is 4.84. The minimum absolute atomic E-state index is 0.439. The molecule has 32 heavy (non-hydrogen) atoms. The number of imidazole rings is 1. The van der Waals surface area contributed by atoms with Crippen LogP contribution < -0.4 is 14.4 Å². The molecule has 3 aromatic rings. The quantitative estimate of drug-likeness (QED) is 0.450. The normalized spacial score (nSPS) is 14.7. The molecule has 0 saturated carbocycles. The van der Waals surface area contributed by atoms with Crippen molar-refractivity contribution in [2.24, 2.45) is 0 Å². The Morgan fingerprint density at radius 2 is 1.88 bits per heavy atom. The van der Waals surface area contributed by atoms with Gasteiger partial charge in [0, 0.05) is 38.2 Å². The zero-order valence-corrected chi connectivity index (χ0v) is 20.4. The minimum atomic E-state index is 0.439. The Balaban J connectivity index is 1.94. The van der Waals surface area contributed by atoms with Crippen LogP contribution in [-0.4, -0.2) is 60.6 Å². The van der Waals surface area contributed by atoms with Crippen LogP contribution in [0, 0.1) is 6.92 Å². The van der Waals surface area contributed by atoms with Crippen LogP contribution in [0.2, 0.25) is 0 Å². The van der Waals surface area contributed by atoms with Crippen molar-refractivity contribution in [2.45, 2.75) is 44.2 Å². The van der Waals surface area contributed by atoms with Gasteiger partial charge < -0.3 is 19.1 Å². The van der Waals surface area contributed by atoms with Gasteiger partial charge in [-0.1, -0.05) is 6.92 Å². The molecule has 8 heteroatoms. The van der Waals surface area contributed by atoms with Gasteiger partial charge in [0.25, 0.3) is 0 Å².